The minimum atomic E-state index is -1.08. The number of benzene rings is 1. The molecule has 1 atom stereocenters. The van der Waals surface area contributed by atoms with Crippen LogP contribution < -0.4 is 5.32 Å². The lowest BCUT2D eigenvalue weighted by atomic mass is 9.31. The Kier molecular flexibility index (Phi) is 3.86. The van der Waals surface area contributed by atoms with Crippen LogP contribution in [0.4, 0.5) is 9.18 Å². The van der Waals surface area contributed by atoms with Gasteiger partial charge in [0.15, 0.2) is 0 Å². The molecule has 4 rings (SSSR count). The summed E-state index contributed by atoms with van der Waals surface area (Å²) in [6.45, 7) is 6.89. The number of carboxylic acids is 1. The smallest absolute Gasteiger partial charge is 0.408 e. The largest absolute Gasteiger partial charge is 0.480 e. The number of carbonyl (C=O) groups excluding carboxylic acids is 1. The first-order valence-corrected chi connectivity index (χ1v) is 8.46. The van der Waals surface area contributed by atoms with E-state index in [1.807, 2.05) is 6.07 Å². The highest BCUT2D eigenvalue weighted by Crippen LogP contribution is 2.75. The van der Waals surface area contributed by atoms with Gasteiger partial charge >= 0.3 is 12.1 Å². The summed E-state index contributed by atoms with van der Waals surface area (Å²) in [6.07, 6.45) is 0.952. The number of amides is 1. The third kappa shape index (κ3) is 2.87. The fourth-order valence-corrected chi connectivity index (χ4v) is 4.42. The Hall–Kier alpha value is -2.11. The monoisotopic (exact) mass is 349 g/mol. The molecule has 0 saturated heterocycles. The minimum Gasteiger partial charge on any atom is -0.480 e. The number of halogens is 1. The maximum Gasteiger partial charge on any atom is 0.408 e. The van der Waals surface area contributed by atoms with Gasteiger partial charge in [0.05, 0.1) is 0 Å². The second-order valence-corrected chi connectivity index (χ2v) is 8.53. The molecule has 0 radical (unpaired) electrons. The number of aliphatic carboxylic acids is 1. The first-order valence-electron chi connectivity index (χ1n) is 8.46. The molecule has 2 bridgehead atoms. The summed E-state index contributed by atoms with van der Waals surface area (Å²) in [7, 11) is 0. The maximum atomic E-state index is 14.4. The SMILES string of the molecule is Cc1cccc(C23CC(C(NC(=O)OC(C)(C)C)C(=O)O)(C2)C3)c1F. The number of carboxylic acid groups (broad SMARTS) is 1. The number of aryl methyl sites for hydroxylation is 1. The molecular weight excluding hydrogens is 325 g/mol. The summed E-state index contributed by atoms with van der Waals surface area (Å²) in [6, 6.07) is 4.32. The molecule has 0 spiro atoms. The topological polar surface area (TPSA) is 75.6 Å². The summed E-state index contributed by atoms with van der Waals surface area (Å²) in [5.41, 5.74) is -0.245. The van der Waals surface area contributed by atoms with Gasteiger partial charge in [-0.05, 0) is 58.1 Å². The Morgan fingerprint density at radius 1 is 1.28 bits per heavy atom. The number of ether oxygens (including phenoxy) is 1. The van der Waals surface area contributed by atoms with E-state index in [2.05, 4.69) is 5.32 Å². The highest BCUT2D eigenvalue weighted by Gasteiger charge is 2.73. The molecule has 2 N–H and O–H groups in total. The maximum absolute atomic E-state index is 14.4. The zero-order valence-electron chi connectivity index (χ0n) is 15.0. The third-order valence-corrected chi connectivity index (χ3v) is 5.35. The summed E-state index contributed by atoms with van der Waals surface area (Å²) in [4.78, 5) is 23.7. The highest BCUT2D eigenvalue weighted by molar-refractivity contribution is 5.82. The first kappa shape index (κ1) is 17.7. The fraction of sp³-hybridized carbons (Fsp3) is 0.579. The van der Waals surface area contributed by atoms with Crippen LogP contribution in [0.25, 0.3) is 0 Å². The van der Waals surface area contributed by atoms with Crippen LogP contribution in [0.15, 0.2) is 18.2 Å². The van der Waals surface area contributed by atoms with Gasteiger partial charge < -0.3 is 15.2 Å². The molecule has 6 heteroatoms. The third-order valence-electron chi connectivity index (χ3n) is 5.35. The van der Waals surface area contributed by atoms with Crippen molar-refractivity contribution in [2.75, 3.05) is 0 Å². The van der Waals surface area contributed by atoms with Gasteiger partial charge in [0.2, 0.25) is 0 Å². The molecule has 0 aromatic heterocycles. The second-order valence-electron chi connectivity index (χ2n) is 8.53. The van der Waals surface area contributed by atoms with Crippen molar-refractivity contribution in [2.24, 2.45) is 5.41 Å². The van der Waals surface area contributed by atoms with Crippen molar-refractivity contribution in [1.82, 2.24) is 5.32 Å². The number of nitrogens with one attached hydrogen (secondary N) is 1. The zero-order valence-corrected chi connectivity index (χ0v) is 15.0. The van der Waals surface area contributed by atoms with E-state index in [0.717, 1.165) is 0 Å². The zero-order chi connectivity index (χ0) is 18.6. The first-order chi connectivity index (χ1) is 11.5. The average Bonchev–Trinajstić information content (AvgIpc) is 2.37. The predicted octanol–water partition coefficient (Wildman–Crippen LogP) is 3.53. The normalized spacial score (nSPS) is 28.4. The molecule has 1 aromatic carbocycles. The van der Waals surface area contributed by atoms with Crippen molar-refractivity contribution in [2.45, 2.75) is 64.0 Å². The van der Waals surface area contributed by atoms with Crippen LogP contribution >= 0.6 is 0 Å². The van der Waals surface area contributed by atoms with Crippen LogP contribution in [0, 0.1) is 18.2 Å². The predicted molar refractivity (Wildman–Crippen MR) is 89.9 cm³/mol. The molecule has 3 fully saturated rings. The molecule has 3 aliphatic carbocycles. The lowest BCUT2D eigenvalue weighted by Gasteiger charge is -2.72. The standard InChI is InChI=1S/C19H24FNO4/c1-11-6-5-7-12(13(11)20)18-8-19(9-18,10-18)14(15(22)23)21-16(24)25-17(2,3)4/h5-7,14H,8-10H2,1-4H3,(H,21,24)(H,22,23). The van der Waals surface area contributed by atoms with Crippen molar-refractivity contribution >= 4 is 12.1 Å². The van der Waals surface area contributed by atoms with Crippen LogP contribution in [0.1, 0.15) is 51.2 Å². The van der Waals surface area contributed by atoms with Gasteiger partial charge in [-0.3, -0.25) is 0 Å². The number of alkyl carbamates (subject to hydrolysis) is 1. The highest BCUT2D eigenvalue weighted by atomic mass is 19.1. The van der Waals surface area contributed by atoms with Crippen LogP contribution in [0.3, 0.4) is 0 Å². The van der Waals surface area contributed by atoms with E-state index >= 15 is 0 Å². The molecule has 3 saturated carbocycles. The summed E-state index contributed by atoms with van der Waals surface area (Å²) < 4.78 is 19.6. The fourth-order valence-electron chi connectivity index (χ4n) is 4.42. The van der Waals surface area contributed by atoms with E-state index in [0.29, 0.717) is 30.4 Å². The van der Waals surface area contributed by atoms with Gasteiger partial charge in [0.1, 0.15) is 17.5 Å². The lowest BCUT2D eigenvalue weighted by molar-refractivity contribution is -0.184. The van der Waals surface area contributed by atoms with E-state index < -0.39 is 29.1 Å². The van der Waals surface area contributed by atoms with Gasteiger partial charge in [-0.2, -0.15) is 0 Å². The van der Waals surface area contributed by atoms with Gasteiger partial charge in [0.25, 0.3) is 0 Å². The summed E-state index contributed by atoms with van der Waals surface area (Å²) >= 11 is 0. The van der Waals surface area contributed by atoms with Crippen molar-refractivity contribution in [1.29, 1.82) is 0 Å². The number of hydrogen-bond donors (Lipinski definition) is 2. The van der Waals surface area contributed by atoms with E-state index in [4.69, 9.17) is 4.74 Å². The molecule has 0 heterocycles. The van der Waals surface area contributed by atoms with Crippen LogP contribution in [0.2, 0.25) is 0 Å². The van der Waals surface area contributed by atoms with Crippen molar-refractivity contribution < 1.29 is 23.8 Å². The number of hydrogen-bond acceptors (Lipinski definition) is 3. The Balaban J connectivity index is 1.72. The molecule has 0 aliphatic heterocycles. The minimum absolute atomic E-state index is 0.206. The van der Waals surface area contributed by atoms with Crippen LogP contribution in [0.5, 0.6) is 0 Å². The molecule has 25 heavy (non-hydrogen) atoms. The van der Waals surface area contributed by atoms with Gasteiger partial charge in [-0.25, -0.2) is 14.0 Å². The molecular formula is C19H24FNO4. The Bertz CT molecular complexity index is 718. The van der Waals surface area contributed by atoms with E-state index in [1.54, 1.807) is 39.8 Å². The Morgan fingerprint density at radius 2 is 1.88 bits per heavy atom. The molecule has 1 amide bonds. The number of rotatable bonds is 4. The van der Waals surface area contributed by atoms with Gasteiger partial charge in [-0.15, -0.1) is 0 Å². The molecule has 1 aromatic rings. The molecule has 1 unspecified atom stereocenters. The van der Waals surface area contributed by atoms with Gasteiger partial charge in [0, 0.05) is 10.8 Å². The van der Waals surface area contributed by atoms with E-state index in [-0.39, 0.29) is 11.2 Å². The lowest BCUT2D eigenvalue weighted by Crippen LogP contribution is -2.73. The van der Waals surface area contributed by atoms with Crippen LogP contribution in [-0.4, -0.2) is 28.8 Å². The molecule has 5 nitrogen and oxygen atoms in total. The van der Waals surface area contributed by atoms with Crippen molar-refractivity contribution in [3.63, 3.8) is 0 Å². The molecule has 3 aliphatic rings. The quantitative estimate of drug-likeness (QED) is 0.872. The van der Waals surface area contributed by atoms with Gasteiger partial charge in [-0.1, -0.05) is 18.2 Å². The van der Waals surface area contributed by atoms with E-state index in [9.17, 15) is 19.1 Å². The molecule has 136 valence electrons. The average molecular weight is 349 g/mol. The van der Waals surface area contributed by atoms with Crippen molar-refractivity contribution in [3.05, 3.63) is 35.1 Å². The second kappa shape index (κ2) is 5.44. The van der Waals surface area contributed by atoms with Crippen LogP contribution in [-0.2, 0) is 14.9 Å². The summed E-state index contributed by atoms with van der Waals surface area (Å²) in [5, 5.41) is 12.0. The Labute approximate surface area is 146 Å². The summed E-state index contributed by atoms with van der Waals surface area (Å²) in [5.74, 6) is -1.29. The Morgan fingerprint density at radius 3 is 2.40 bits per heavy atom. The number of carbonyl (C=O) groups is 2. The van der Waals surface area contributed by atoms with Crippen molar-refractivity contribution in [3.8, 4) is 0 Å². The van der Waals surface area contributed by atoms with E-state index in [1.165, 1.54) is 0 Å².